The summed E-state index contributed by atoms with van der Waals surface area (Å²) in [4.78, 5) is 22.6. The molecule has 0 saturated carbocycles. The van der Waals surface area contributed by atoms with Crippen molar-refractivity contribution >= 4 is 22.3 Å². The van der Waals surface area contributed by atoms with E-state index in [9.17, 15) is 18.0 Å². The van der Waals surface area contributed by atoms with Crippen LogP contribution in [0.15, 0.2) is 30.3 Å². The van der Waals surface area contributed by atoms with Crippen LogP contribution in [-0.4, -0.2) is 32.4 Å². The molecule has 0 radical (unpaired) electrons. The van der Waals surface area contributed by atoms with Gasteiger partial charge in [-0.2, -0.15) is 8.42 Å². The molecule has 0 heterocycles. The number of benzene rings is 1. The molecule has 1 aromatic carbocycles. The van der Waals surface area contributed by atoms with Crippen molar-refractivity contribution in [2.45, 2.75) is 76.4 Å². The zero-order valence-corrected chi connectivity index (χ0v) is 20.6. The first-order chi connectivity index (χ1) is 13.5. The second kappa shape index (κ2) is 16.9. The zero-order chi connectivity index (χ0) is 20.7. The molecule has 1 atom stereocenters. The van der Waals surface area contributed by atoms with E-state index in [1.165, 1.54) is 19.3 Å². The number of nitrogens with one attached hydrogen (secondary N) is 1. The molecule has 8 heteroatoms. The average Bonchev–Trinajstić information content (AvgIpc) is 2.67. The Kier molecular flexibility index (Phi) is 16.3. The standard InChI is InChI=1S/C21H33NO5S.Na.H/c1-2-3-4-5-6-10-15-21(24)22-17-16-20(14-11-18-23)28(25,26)27-19-12-8-7-9-13-19;;/h7-9,12-13,18,20H,2-6,10-11,14-17H2,1H3,(H,22,24);;/q;+1;-1. The first kappa shape index (κ1) is 28.1. The van der Waals surface area contributed by atoms with Crippen molar-refractivity contribution in [2.75, 3.05) is 6.54 Å². The molecule has 0 aliphatic carbocycles. The second-order valence-electron chi connectivity index (χ2n) is 6.91. The third-order valence-electron chi connectivity index (χ3n) is 4.52. The molecule has 1 aromatic rings. The number of carbonyl (C=O) groups excluding carboxylic acids is 2. The molecule has 1 rings (SSSR count). The molecule has 29 heavy (non-hydrogen) atoms. The molecule has 1 unspecified atom stereocenters. The molecule has 0 aliphatic rings. The van der Waals surface area contributed by atoms with E-state index in [1.807, 2.05) is 0 Å². The van der Waals surface area contributed by atoms with Gasteiger partial charge in [0, 0.05) is 19.4 Å². The Balaban J connectivity index is 0. The van der Waals surface area contributed by atoms with Gasteiger partial charge in [0.15, 0.2) is 0 Å². The maximum absolute atomic E-state index is 12.5. The van der Waals surface area contributed by atoms with Crippen molar-refractivity contribution in [3.8, 4) is 5.75 Å². The topological polar surface area (TPSA) is 89.5 Å². The first-order valence-corrected chi connectivity index (χ1v) is 11.7. The quantitative estimate of drug-likeness (QED) is 0.182. The van der Waals surface area contributed by atoms with E-state index >= 15 is 0 Å². The van der Waals surface area contributed by atoms with Gasteiger partial charge in [0.1, 0.15) is 12.0 Å². The van der Waals surface area contributed by atoms with Crippen LogP contribution in [0.1, 0.15) is 72.6 Å². The van der Waals surface area contributed by atoms with E-state index in [1.54, 1.807) is 30.3 Å². The minimum atomic E-state index is -3.89. The Morgan fingerprint density at radius 2 is 1.76 bits per heavy atom. The number of aldehydes is 1. The molecule has 0 saturated heterocycles. The predicted octanol–water partition coefficient (Wildman–Crippen LogP) is 1.12. The molecule has 1 amide bonds. The minimum Gasteiger partial charge on any atom is -1.00 e. The monoisotopic (exact) mass is 435 g/mol. The summed E-state index contributed by atoms with van der Waals surface area (Å²) in [6, 6.07) is 8.28. The molecule has 160 valence electrons. The zero-order valence-electron chi connectivity index (χ0n) is 18.8. The van der Waals surface area contributed by atoms with Gasteiger partial charge in [-0.3, -0.25) is 4.79 Å². The van der Waals surface area contributed by atoms with Crippen LogP contribution < -0.4 is 39.1 Å². The molecule has 6 nitrogen and oxygen atoms in total. The van der Waals surface area contributed by atoms with Crippen LogP contribution in [0.4, 0.5) is 0 Å². The molecule has 1 N–H and O–H groups in total. The van der Waals surface area contributed by atoms with E-state index in [4.69, 9.17) is 4.18 Å². The van der Waals surface area contributed by atoms with E-state index in [-0.39, 0.29) is 68.4 Å². The van der Waals surface area contributed by atoms with E-state index in [0.717, 1.165) is 19.3 Å². The fourth-order valence-corrected chi connectivity index (χ4v) is 4.24. The Morgan fingerprint density at radius 3 is 2.41 bits per heavy atom. The number of para-hydroxylation sites is 1. The predicted molar refractivity (Wildman–Crippen MR) is 112 cm³/mol. The van der Waals surface area contributed by atoms with Crippen molar-refractivity contribution in [3.63, 3.8) is 0 Å². The van der Waals surface area contributed by atoms with E-state index in [2.05, 4.69) is 12.2 Å². The SMILES string of the molecule is CCCCCCCCC(=O)NCCC(CCC=O)S(=O)(=O)Oc1ccccc1.[H-].[Na+]. The van der Waals surface area contributed by atoms with Gasteiger partial charge in [0.2, 0.25) is 5.91 Å². The largest absolute Gasteiger partial charge is 1.00 e. The fourth-order valence-electron chi connectivity index (χ4n) is 2.89. The summed E-state index contributed by atoms with van der Waals surface area (Å²) in [5.74, 6) is 0.178. The molecule has 0 aromatic heterocycles. The van der Waals surface area contributed by atoms with E-state index in [0.29, 0.717) is 12.7 Å². The van der Waals surface area contributed by atoms with Crippen LogP contribution >= 0.6 is 0 Å². The Hall–Kier alpha value is -0.890. The van der Waals surface area contributed by atoms with Gasteiger partial charge in [-0.05, 0) is 31.4 Å². The maximum Gasteiger partial charge on any atom is 1.00 e. The Bertz CT molecular complexity index is 673. The number of unbranched alkanes of at least 4 members (excludes halogenated alkanes) is 5. The number of hydrogen-bond acceptors (Lipinski definition) is 5. The summed E-state index contributed by atoms with van der Waals surface area (Å²) >= 11 is 0. The first-order valence-electron chi connectivity index (χ1n) is 10.2. The van der Waals surface area contributed by atoms with E-state index < -0.39 is 15.4 Å². The second-order valence-corrected chi connectivity index (χ2v) is 8.73. The van der Waals surface area contributed by atoms with Gasteiger partial charge in [0.25, 0.3) is 0 Å². The summed E-state index contributed by atoms with van der Waals surface area (Å²) in [5, 5.41) is 1.94. The number of carbonyl (C=O) groups is 2. The fraction of sp³-hybridized carbons (Fsp3) is 0.619. The van der Waals surface area contributed by atoms with Crippen molar-refractivity contribution < 1.29 is 53.2 Å². The summed E-state index contributed by atoms with van der Waals surface area (Å²) in [7, 11) is -3.89. The van der Waals surface area contributed by atoms with Crippen molar-refractivity contribution in [1.29, 1.82) is 0 Å². The maximum atomic E-state index is 12.5. The van der Waals surface area contributed by atoms with Crippen LogP contribution in [0.3, 0.4) is 0 Å². The Morgan fingerprint density at radius 1 is 1.10 bits per heavy atom. The van der Waals surface area contributed by atoms with Gasteiger partial charge in [-0.25, -0.2) is 0 Å². The van der Waals surface area contributed by atoms with Gasteiger partial charge < -0.3 is 15.7 Å². The van der Waals surface area contributed by atoms with Crippen molar-refractivity contribution in [2.24, 2.45) is 0 Å². The van der Waals surface area contributed by atoms with Gasteiger partial charge >= 0.3 is 39.7 Å². The molecule has 0 bridgehead atoms. The minimum absolute atomic E-state index is 0. The third kappa shape index (κ3) is 13.1. The van der Waals surface area contributed by atoms with Crippen LogP contribution in [0, 0.1) is 0 Å². The van der Waals surface area contributed by atoms with Crippen LogP contribution in [0.2, 0.25) is 0 Å². The molecular weight excluding hydrogens is 401 g/mol. The molecule has 0 fully saturated rings. The van der Waals surface area contributed by atoms with Crippen molar-refractivity contribution in [1.82, 2.24) is 5.32 Å². The van der Waals surface area contributed by atoms with Crippen molar-refractivity contribution in [3.05, 3.63) is 30.3 Å². The number of amides is 1. The van der Waals surface area contributed by atoms with Gasteiger partial charge in [-0.1, -0.05) is 57.2 Å². The smallest absolute Gasteiger partial charge is 1.00 e. The normalized spacial score (nSPS) is 11.9. The van der Waals surface area contributed by atoms with Crippen LogP contribution in [0.25, 0.3) is 0 Å². The molecule has 0 aliphatic heterocycles. The van der Waals surface area contributed by atoms with Crippen LogP contribution in [-0.2, 0) is 19.7 Å². The summed E-state index contributed by atoms with van der Waals surface area (Å²) < 4.78 is 30.2. The molecule has 0 spiro atoms. The summed E-state index contributed by atoms with van der Waals surface area (Å²) in [6.45, 7) is 2.41. The van der Waals surface area contributed by atoms with Gasteiger partial charge in [0.05, 0.1) is 5.25 Å². The van der Waals surface area contributed by atoms with Gasteiger partial charge in [-0.15, -0.1) is 0 Å². The summed E-state index contributed by atoms with van der Waals surface area (Å²) in [5.41, 5.74) is 0. The number of rotatable bonds is 16. The number of hydrogen-bond donors (Lipinski definition) is 1. The Labute approximate surface area is 199 Å². The van der Waals surface area contributed by atoms with Crippen LogP contribution in [0.5, 0.6) is 5.75 Å². The summed E-state index contributed by atoms with van der Waals surface area (Å²) in [6.07, 6.45) is 8.33. The average molecular weight is 436 g/mol. The third-order valence-corrected chi connectivity index (χ3v) is 6.23. The molecular formula is C21H34NNaO5S.